The number of amides is 1. The van der Waals surface area contributed by atoms with Crippen molar-refractivity contribution in [2.75, 3.05) is 11.9 Å². The van der Waals surface area contributed by atoms with Crippen molar-refractivity contribution in [3.8, 4) is 5.75 Å². The van der Waals surface area contributed by atoms with E-state index in [0.29, 0.717) is 23.0 Å². The zero-order chi connectivity index (χ0) is 21.9. The van der Waals surface area contributed by atoms with Crippen LogP contribution in [0, 0.1) is 0 Å². The van der Waals surface area contributed by atoms with Crippen LogP contribution in [-0.2, 0) is 22.6 Å². The van der Waals surface area contributed by atoms with Crippen LogP contribution in [0.2, 0.25) is 5.02 Å². The van der Waals surface area contributed by atoms with Crippen LogP contribution < -0.4 is 10.1 Å². The van der Waals surface area contributed by atoms with E-state index in [1.54, 1.807) is 12.1 Å². The normalized spacial score (nSPS) is 15.8. The Hall–Kier alpha value is -2.94. The van der Waals surface area contributed by atoms with Gasteiger partial charge < -0.3 is 19.8 Å². The van der Waals surface area contributed by atoms with E-state index >= 15 is 0 Å². The second-order valence-corrected chi connectivity index (χ2v) is 8.93. The minimum atomic E-state index is -0.126. The molecular formula is C23H21ClN4O3S. The first kappa shape index (κ1) is 20.9. The van der Waals surface area contributed by atoms with Crippen LogP contribution in [0.15, 0.2) is 47.8 Å². The van der Waals surface area contributed by atoms with E-state index in [0.717, 1.165) is 47.1 Å². The molecule has 5 rings (SSSR count). The number of rotatable bonds is 7. The molecule has 1 fully saturated rings. The van der Waals surface area contributed by atoms with Gasteiger partial charge in [0, 0.05) is 22.7 Å². The molecule has 1 atom stereocenters. The quantitative estimate of drug-likeness (QED) is 0.385. The van der Waals surface area contributed by atoms with Gasteiger partial charge >= 0.3 is 0 Å². The van der Waals surface area contributed by atoms with Gasteiger partial charge in [0.15, 0.2) is 0 Å². The van der Waals surface area contributed by atoms with E-state index < -0.39 is 0 Å². The zero-order valence-corrected chi connectivity index (χ0v) is 18.7. The standard InChI is InChI=1S/C23H21ClN4O3S/c24-14-3-6-17(7-4-14)31-12-22-26-16(13-32-22)11-21(29)25-15-5-8-18-19(10-15)28-23(27-18)20-2-1-9-30-20/h3-8,10,13,20H,1-2,9,11-12H2,(H,25,29)(H,27,28). The highest BCUT2D eigenvalue weighted by Gasteiger charge is 2.21. The SMILES string of the molecule is O=C(Cc1csc(COc2ccc(Cl)cc2)n1)Nc1ccc2nc(C3CCCO3)[nH]c2c1. The van der Waals surface area contributed by atoms with Gasteiger partial charge in [-0.25, -0.2) is 9.97 Å². The second-order valence-electron chi connectivity index (χ2n) is 7.56. The van der Waals surface area contributed by atoms with Crippen LogP contribution >= 0.6 is 22.9 Å². The molecule has 7 nitrogen and oxygen atoms in total. The number of hydrogen-bond donors (Lipinski definition) is 2. The summed E-state index contributed by atoms with van der Waals surface area (Å²) in [5.41, 5.74) is 3.17. The molecule has 0 radical (unpaired) electrons. The highest BCUT2D eigenvalue weighted by Crippen LogP contribution is 2.28. The van der Waals surface area contributed by atoms with Crippen LogP contribution in [0.5, 0.6) is 5.75 Å². The van der Waals surface area contributed by atoms with Crippen molar-refractivity contribution in [3.05, 3.63) is 69.4 Å². The van der Waals surface area contributed by atoms with E-state index in [9.17, 15) is 4.79 Å². The molecule has 0 bridgehead atoms. The highest BCUT2D eigenvalue weighted by molar-refractivity contribution is 7.09. The Labute approximate surface area is 193 Å². The molecule has 4 aromatic rings. The number of anilines is 1. The van der Waals surface area contributed by atoms with Gasteiger partial charge in [0.25, 0.3) is 0 Å². The Balaban J connectivity index is 1.17. The molecule has 1 aliphatic rings. The van der Waals surface area contributed by atoms with Gasteiger partial charge in [-0.3, -0.25) is 4.79 Å². The summed E-state index contributed by atoms with van der Waals surface area (Å²) in [6.07, 6.45) is 2.25. The molecule has 164 valence electrons. The number of nitrogens with zero attached hydrogens (tertiary/aromatic N) is 2. The number of fused-ring (bicyclic) bond motifs is 1. The number of aromatic nitrogens is 3. The van der Waals surface area contributed by atoms with Crippen LogP contribution in [0.4, 0.5) is 5.69 Å². The maximum atomic E-state index is 12.5. The van der Waals surface area contributed by atoms with E-state index in [2.05, 4.69) is 20.3 Å². The number of hydrogen-bond acceptors (Lipinski definition) is 6. The summed E-state index contributed by atoms with van der Waals surface area (Å²) < 4.78 is 11.4. The van der Waals surface area contributed by atoms with E-state index in [1.165, 1.54) is 11.3 Å². The molecule has 1 unspecified atom stereocenters. The maximum absolute atomic E-state index is 12.5. The fourth-order valence-electron chi connectivity index (χ4n) is 3.59. The molecule has 2 aromatic carbocycles. The molecule has 1 aliphatic heterocycles. The number of imidazole rings is 1. The molecule has 0 aliphatic carbocycles. The fraction of sp³-hybridized carbons (Fsp3) is 0.261. The number of benzene rings is 2. The first-order chi connectivity index (χ1) is 15.6. The molecule has 9 heteroatoms. The highest BCUT2D eigenvalue weighted by atomic mass is 35.5. The number of H-pyrrole nitrogens is 1. The van der Waals surface area contributed by atoms with Gasteiger partial charge in [0.1, 0.15) is 29.3 Å². The van der Waals surface area contributed by atoms with Gasteiger partial charge in [-0.2, -0.15) is 0 Å². The molecule has 0 saturated carbocycles. The average Bonchev–Trinajstić information content (AvgIpc) is 3.53. The van der Waals surface area contributed by atoms with Gasteiger partial charge in [-0.05, 0) is 55.3 Å². The average molecular weight is 469 g/mol. The molecule has 0 spiro atoms. The summed E-state index contributed by atoms with van der Waals surface area (Å²) in [6.45, 7) is 1.12. The molecule has 1 amide bonds. The van der Waals surface area contributed by atoms with Crippen molar-refractivity contribution in [2.45, 2.75) is 32.0 Å². The van der Waals surface area contributed by atoms with Crippen LogP contribution in [0.3, 0.4) is 0 Å². The van der Waals surface area contributed by atoms with Gasteiger partial charge in [-0.1, -0.05) is 11.6 Å². The number of carbonyl (C=O) groups is 1. The van der Waals surface area contributed by atoms with Crippen molar-refractivity contribution >= 4 is 45.6 Å². The van der Waals surface area contributed by atoms with Crippen molar-refractivity contribution < 1.29 is 14.3 Å². The Bertz CT molecular complexity index is 1230. The number of thiazole rings is 1. The van der Waals surface area contributed by atoms with Crippen molar-refractivity contribution in [2.24, 2.45) is 0 Å². The molecule has 3 heterocycles. The third-order valence-electron chi connectivity index (χ3n) is 5.14. The van der Waals surface area contributed by atoms with E-state index in [-0.39, 0.29) is 18.4 Å². The summed E-state index contributed by atoms with van der Waals surface area (Å²) in [5.74, 6) is 1.44. The summed E-state index contributed by atoms with van der Waals surface area (Å²) in [4.78, 5) is 24.9. The first-order valence-corrected chi connectivity index (χ1v) is 11.6. The first-order valence-electron chi connectivity index (χ1n) is 10.4. The monoisotopic (exact) mass is 468 g/mol. The van der Waals surface area contributed by atoms with Crippen LogP contribution in [-0.4, -0.2) is 27.5 Å². The smallest absolute Gasteiger partial charge is 0.230 e. The number of carbonyl (C=O) groups excluding carboxylic acids is 1. The second kappa shape index (κ2) is 9.28. The lowest BCUT2D eigenvalue weighted by Crippen LogP contribution is -2.14. The Kier molecular flexibility index (Phi) is 6.07. The van der Waals surface area contributed by atoms with E-state index in [1.807, 2.05) is 35.7 Å². The van der Waals surface area contributed by atoms with Gasteiger partial charge in [0.2, 0.25) is 5.91 Å². The van der Waals surface area contributed by atoms with E-state index in [4.69, 9.17) is 21.1 Å². The summed E-state index contributed by atoms with van der Waals surface area (Å²) >= 11 is 7.35. The predicted molar refractivity (Wildman–Crippen MR) is 124 cm³/mol. The predicted octanol–water partition coefficient (Wildman–Crippen LogP) is 5.28. The third kappa shape index (κ3) is 4.93. The molecule has 2 N–H and O–H groups in total. The number of aromatic amines is 1. The number of nitrogens with one attached hydrogen (secondary N) is 2. The number of halogens is 1. The van der Waals surface area contributed by atoms with Crippen LogP contribution in [0.25, 0.3) is 11.0 Å². The van der Waals surface area contributed by atoms with Gasteiger partial charge in [-0.15, -0.1) is 11.3 Å². The molecule has 32 heavy (non-hydrogen) atoms. The minimum absolute atomic E-state index is 0.0305. The number of ether oxygens (including phenoxy) is 2. The third-order valence-corrected chi connectivity index (χ3v) is 6.26. The van der Waals surface area contributed by atoms with Gasteiger partial charge in [0.05, 0.1) is 23.1 Å². The summed E-state index contributed by atoms with van der Waals surface area (Å²) in [6, 6.07) is 12.8. The fourth-order valence-corrected chi connectivity index (χ4v) is 4.43. The Morgan fingerprint density at radius 3 is 2.94 bits per heavy atom. The van der Waals surface area contributed by atoms with Crippen molar-refractivity contribution in [3.63, 3.8) is 0 Å². The summed E-state index contributed by atoms with van der Waals surface area (Å²) in [5, 5.41) is 6.29. The lowest BCUT2D eigenvalue weighted by molar-refractivity contribution is -0.115. The topological polar surface area (TPSA) is 89.1 Å². The molecular weight excluding hydrogens is 448 g/mol. The lowest BCUT2D eigenvalue weighted by atomic mass is 10.2. The van der Waals surface area contributed by atoms with Crippen LogP contribution in [0.1, 0.15) is 35.5 Å². The summed E-state index contributed by atoms with van der Waals surface area (Å²) in [7, 11) is 0. The Morgan fingerprint density at radius 1 is 1.25 bits per heavy atom. The lowest BCUT2D eigenvalue weighted by Gasteiger charge is -2.04. The van der Waals surface area contributed by atoms with Crippen molar-refractivity contribution in [1.29, 1.82) is 0 Å². The maximum Gasteiger partial charge on any atom is 0.230 e. The zero-order valence-electron chi connectivity index (χ0n) is 17.1. The Morgan fingerprint density at radius 2 is 2.12 bits per heavy atom. The molecule has 2 aromatic heterocycles. The van der Waals surface area contributed by atoms with Crippen molar-refractivity contribution in [1.82, 2.24) is 15.0 Å². The minimum Gasteiger partial charge on any atom is -0.486 e. The molecule has 1 saturated heterocycles. The largest absolute Gasteiger partial charge is 0.486 e.